The van der Waals surface area contributed by atoms with Gasteiger partial charge >= 0.3 is 0 Å². The van der Waals surface area contributed by atoms with Crippen molar-refractivity contribution in [2.75, 3.05) is 11.3 Å². The lowest BCUT2D eigenvalue weighted by atomic mass is 9.99. The summed E-state index contributed by atoms with van der Waals surface area (Å²) in [5.41, 5.74) is 2.48. The molecule has 2 aromatic rings. The van der Waals surface area contributed by atoms with Crippen molar-refractivity contribution >= 4 is 21.6 Å². The summed E-state index contributed by atoms with van der Waals surface area (Å²) in [7, 11) is -3.79. The van der Waals surface area contributed by atoms with Crippen LogP contribution in [0.2, 0.25) is 0 Å². The SMILES string of the molecule is CCC(=O)N1CCc2ccc(NS(=O)(=O)c3ccc(F)cc3)cc2C1. The zero-order valence-corrected chi connectivity index (χ0v) is 14.6. The Morgan fingerprint density at radius 2 is 1.88 bits per heavy atom. The molecule has 1 aliphatic heterocycles. The molecule has 2 aromatic carbocycles. The highest BCUT2D eigenvalue weighted by molar-refractivity contribution is 7.92. The number of carbonyl (C=O) groups excluding carboxylic acids is 1. The van der Waals surface area contributed by atoms with Crippen molar-refractivity contribution in [1.82, 2.24) is 4.90 Å². The molecule has 132 valence electrons. The van der Waals surface area contributed by atoms with Gasteiger partial charge in [0.15, 0.2) is 0 Å². The van der Waals surface area contributed by atoms with Crippen LogP contribution in [0.4, 0.5) is 10.1 Å². The summed E-state index contributed by atoms with van der Waals surface area (Å²) in [5, 5.41) is 0. The average Bonchev–Trinajstić information content (AvgIpc) is 2.60. The largest absolute Gasteiger partial charge is 0.338 e. The molecule has 5 nitrogen and oxygen atoms in total. The van der Waals surface area contributed by atoms with Crippen molar-refractivity contribution in [3.63, 3.8) is 0 Å². The Labute approximate surface area is 146 Å². The van der Waals surface area contributed by atoms with Gasteiger partial charge in [-0.25, -0.2) is 12.8 Å². The number of halogens is 1. The maximum atomic E-state index is 13.0. The maximum Gasteiger partial charge on any atom is 0.261 e. The van der Waals surface area contributed by atoms with Gasteiger partial charge in [0.05, 0.1) is 4.90 Å². The highest BCUT2D eigenvalue weighted by atomic mass is 32.2. The van der Waals surface area contributed by atoms with E-state index in [1.165, 1.54) is 12.1 Å². The fraction of sp³-hybridized carbons (Fsp3) is 0.278. The van der Waals surface area contributed by atoms with Crippen LogP contribution < -0.4 is 4.72 Å². The molecule has 1 N–H and O–H groups in total. The molecule has 0 aliphatic carbocycles. The van der Waals surface area contributed by atoms with E-state index in [0.717, 1.165) is 29.7 Å². The molecular weight excluding hydrogens is 343 g/mol. The van der Waals surface area contributed by atoms with E-state index in [9.17, 15) is 17.6 Å². The van der Waals surface area contributed by atoms with Crippen molar-refractivity contribution in [3.05, 3.63) is 59.4 Å². The molecule has 1 aliphatic rings. The van der Waals surface area contributed by atoms with E-state index in [1.54, 1.807) is 17.0 Å². The zero-order valence-electron chi connectivity index (χ0n) is 13.8. The Morgan fingerprint density at radius 3 is 2.56 bits per heavy atom. The average molecular weight is 362 g/mol. The van der Waals surface area contributed by atoms with Crippen molar-refractivity contribution in [1.29, 1.82) is 0 Å². The molecule has 0 saturated carbocycles. The second kappa shape index (κ2) is 6.84. The first-order chi connectivity index (χ1) is 11.9. The van der Waals surface area contributed by atoms with Crippen molar-refractivity contribution < 1.29 is 17.6 Å². The van der Waals surface area contributed by atoms with E-state index < -0.39 is 15.8 Å². The van der Waals surface area contributed by atoms with Gasteiger partial charge in [0, 0.05) is 25.2 Å². The third kappa shape index (κ3) is 3.82. The lowest BCUT2D eigenvalue weighted by molar-refractivity contribution is -0.131. The minimum atomic E-state index is -3.79. The van der Waals surface area contributed by atoms with Crippen LogP contribution in [0.25, 0.3) is 0 Å². The number of benzene rings is 2. The summed E-state index contributed by atoms with van der Waals surface area (Å²) < 4.78 is 40.3. The molecular formula is C18H19FN2O3S. The van der Waals surface area contributed by atoms with Gasteiger partial charge in [-0.05, 0) is 53.9 Å². The quantitative estimate of drug-likeness (QED) is 0.909. The van der Waals surface area contributed by atoms with Gasteiger partial charge in [-0.1, -0.05) is 13.0 Å². The lowest BCUT2D eigenvalue weighted by Gasteiger charge is -2.29. The molecule has 0 unspecified atom stereocenters. The van der Waals surface area contributed by atoms with Crippen LogP contribution in [0.3, 0.4) is 0 Å². The van der Waals surface area contributed by atoms with Gasteiger partial charge in [0.1, 0.15) is 5.82 Å². The van der Waals surface area contributed by atoms with Crippen molar-refractivity contribution in [2.24, 2.45) is 0 Å². The maximum absolute atomic E-state index is 13.0. The number of fused-ring (bicyclic) bond motifs is 1. The number of amides is 1. The van der Waals surface area contributed by atoms with Crippen molar-refractivity contribution in [2.45, 2.75) is 31.2 Å². The third-order valence-corrected chi connectivity index (χ3v) is 5.65. The third-order valence-electron chi connectivity index (χ3n) is 4.25. The molecule has 25 heavy (non-hydrogen) atoms. The Bertz CT molecular complexity index is 895. The number of sulfonamides is 1. The Morgan fingerprint density at radius 1 is 1.16 bits per heavy atom. The Balaban J connectivity index is 1.82. The topological polar surface area (TPSA) is 66.5 Å². The number of hydrogen-bond acceptors (Lipinski definition) is 3. The zero-order chi connectivity index (χ0) is 18.0. The highest BCUT2D eigenvalue weighted by Gasteiger charge is 2.21. The van der Waals surface area contributed by atoms with Crippen LogP contribution in [0.15, 0.2) is 47.4 Å². The minimum Gasteiger partial charge on any atom is -0.338 e. The van der Waals surface area contributed by atoms with E-state index in [2.05, 4.69) is 4.72 Å². The number of hydrogen-bond donors (Lipinski definition) is 1. The minimum absolute atomic E-state index is 0.00518. The van der Waals surface area contributed by atoms with Gasteiger partial charge in [0.2, 0.25) is 5.91 Å². The van der Waals surface area contributed by atoms with Crippen LogP contribution in [-0.4, -0.2) is 25.8 Å². The number of nitrogens with one attached hydrogen (secondary N) is 1. The fourth-order valence-electron chi connectivity index (χ4n) is 2.88. The number of anilines is 1. The molecule has 0 spiro atoms. The highest BCUT2D eigenvalue weighted by Crippen LogP contribution is 2.25. The first kappa shape index (κ1) is 17.4. The molecule has 1 amide bonds. The summed E-state index contributed by atoms with van der Waals surface area (Å²) in [6.45, 7) is 2.99. The first-order valence-electron chi connectivity index (χ1n) is 8.07. The van der Waals surface area contributed by atoms with Gasteiger partial charge in [0.25, 0.3) is 10.0 Å². The van der Waals surface area contributed by atoms with Crippen LogP contribution in [-0.2, 0) is 27.8 Å². The normalized spacial score (nSPS) is 14.1. The van der Waals surface area contributed by atoms with E-state index in [1.807, 2.05) is 13.0 Å². The van der Waals surface area contributed by atoms with Gasteiger partial charge < -0.3 is 4.90 Å². The molecule has 3 rings (SSSR count). The monoisotopic (exact) mass is 362 g/mol. The number of nitrogens with zero attached hydrogens (tertiary/aromatic N) is 1. The summed E-state index contributed by atoms with van der Waals surface area (Å²) in [4.78, 5) is 13.7. The van der Waals surface area contributed by atoms with E-state index in [-0.39, 0.29) is 10.8 Å². The smallest absolute Gasteiger partial charge is 0.261 e. The summed E-state index contributed by atoms with van der Waals surface area (Å²) >= 11 is 0. The van der Waals surface area contributed by atoms with Crippen LogP contribution >= 0.6 is 0 Å². The predicted octanol–water partition coefficient (Wildman–Crippen LogP) is 2.92. The van der Waals surface area contributed by atoms with E-state index in [4.69, 9.17) is 0 Å². The Kier molecular flexibility index (Phi) is 4.76. The number of carbonyl (C=O) groups is 1. The molecule has 0 saturated heterocycles. The van der Waals surface area contributed by atoms with Gasteiger partial charge in [-0.2, -0.15) is 0 Å². The van der Waals surface area contributed by atoms with Crippen LogP contribution in [0, 0.1) is 5.82 Å². The van der Waals surface area contributed by atoms with Crippen LogP contribution in [0.1, 0.15) is 24.5 Å². The molecule has 0 atom stereocenters. The van der Waals surface area contributed by atoms with E-state index in [0.29, 0.717) is 25.2 Å². The number of rotatable bonds is 4. The summed E-state index contributed by atoms with van der Waals surface area (Å²) in [6, 6.07) is 10.00. The predicted molar refractivity (Wildman–Crippen MR) is 93.1 cm³/mol. The molecule has 0 aromatic heterocycles. The Hall–Kier alpha value is -2.41. The lowest BCUT2D eigenvalue weighted by Crippen LogP contribution is -2.35. The molecule has 7 heteroatoms. The van der Waals surface area contributed by atoms with Crippen LogP contribution in [0.5, 0.6) is 0 Å². The summed E-state index contributed by atoms with van der Waals surface area (Å²) in [5.74, 6) is -0.406. The van der Waals surface area contributed by atoms with Gasteiger partial charge in [-0.15, -0.1) is 0 Å². The molecule has 0 radical (unpaired) electrons. The molecule has 1 heterocycles. The van der Waals surface area contributed by atoms with Gasteiger partial charge in [-0.3, -0.25) is 9.52 Å². The molecule has 0 bridgehead atoms. The molecule has 0 fully saturated rings. The first-order valence-corrected chi connectivity index (χ1v) is 9.55. The standard InChI is InChI=1S/C18H19FN2O3S/c1-2-18(22)21-10-9-13-3-6-16(11-14(13)12-21)20-25(23,24)17-7-4-15(19)5-8-17/h3-8,11,20H,2,9-10,12H2,1H3. The fourth-order valence-corrected chi connectivity index (χ4v) is 3.93. The second-order valence-corrected chi connectivity index (χ2v) is 7.64. The second-order valence-electron chi connectivity index (χ2n) is 5.96. The van der Waals surface area contributed by atoms with E-state index >= 15 is 0 Å². The summed E-state index contributed by atoms with van der Waals surface area (Å²) in [6.07, 6.45) is 1.21. The van der Waals surface area contributed by atoms with Crippen molar-refractivity contribution in [3.8, 4) is 0 Å².